The summed E-state index contributed by atoms with van der Waals surface area (Å²) in [7, 11) is -3.13. The van der Waals surface area contributed by atoms with Gasteiger partial charge in [-0.1, -0.05) is 0 Å². The van der Waals surface area contributed by atoms with Crippen molar-refractivity contribution in [1.82, 2.24) is 0 Å². The minimum absolute atomic E-state index is 0.0569. The fraction of sp³-hybridized carbons (Fsp3) is 1.00. The van der Waals surface area contributed by atoms with Crippen LogP contribution < -0.4 is 0 Å². The molecule has 6 atom stereocenters. The standard InChI is InChI=1S/C15H27O8P/c1-7-17-24(6,16)18-8-9-10-11(21-14(2,3)20-10)12-13(19-9)23-15(4,5)22-12/h9-13H,7-8H2,1-6H3/t9-,10+,11+,12-,13-,24?/m1/s1. The molecule has 0 N–H and O–H groups in total. The van der Waals surface area contributed by atoms with Gasteiger partial charge in [-0.2, -0.15) is 0 Å². The Kier molecular flexibility index (Phi) is 4.90. The van der Waals surface area contributed by atoms with Gasteiger partial charge in [-0.15, -0.1) is 0 Å². The average Bonchev–Trinajstić information content (AvgIpc) is 2.90. The second-order valence-electron chi connectivity index (χ2n) is 7.19. The van der Waals surface area contributed by atoms with Crippen molar-refractivity contribution in [2.24, 2.45) is 0 Å². The fourth-order valence-corrected chi connectivity index (χ4v) is 4.27. The van der Waals surface area contributed by atoms with Crippen LogP contribution >= 0.6 is 7.60 Å². The first-order valence-corrected chi connectivity index (χ1v) is 10.2. The zero-order valence-corrected chi connectivity index (χ0v) is 15.9. The van der Waals surface area contributed by atoms with Gasteiger partial charge in [0.1, 0.15) is 24.4 Å². The molecule has 0 aromatic heterocycles. The normalized spacial score (nSPS) is 42.3. The summed E-state index contributed by atoms with van der Waals surface area (Å²) in [6.45, 7) is 10.9. The minimum atomic E-state index is -3.13. The van der Waals surface area contributed by atoms with Crippen LogP contribution in [0.5, 0.6) is 0 Å². The molecule has 0 bridgehead atoms. The molecule has 3 rings (SSSR count). The molecule has 8 nitrogen and oxygen atoms in total. The Bertz CT molecular complexity index is 522. The first-order chi connectivity index (χ1) is 11.0. The van der Waals surface area contributed by atoms with Gasteiger partial charge in [0, 0.05) is 6.66 Å². The van der Waals surface area contributed by atoms with Crippen molar-refractivity contribution in [2.45, 2.75) is 76.9 Å². The number of hydrogen-bond acceptors (Lipinski definition) is 8. The van der Waals surface area contributed by atoms with E-state index in [0.717, 1.165) is 0 Å². The van der Waals surface area contributed by atoms with E-state index in [0.29, 0.717) is 6.61 Å². The van der Waals surface area contributed by atoms with E-state index in [1.807, 2.05) is 27.7 Å². The van der Waals surface area contributed by atoms with Gasteiger partial charge < -0.3 is 32.7 Å². The van der Waals surface area contributed by atoms with Gasteiger partial charge in [-0.3, -0.25) is 4.57 Å². The third-order valence-corrected chi connectivity index (χ3v) is 5.43. The minimum Gasteiger partial charge on any atom is -0.342 e. The molecule has 24 heavy (non-hydrogen) atoms. The molecule has 0 spiro atoms. The Balaban J connectivity index is 1.74. The SMILES string of the molecule is CCOP(C)(=O)OC[C@H]1O[C@@H]2OC(C)(C)O[C@@H]2[C@H]2OC(C)(C)O[C@H]21. The Morgan fingerprint density at radius 2 is 1.50 bits per heavy atom. The lowest BCUT2D eigenvalue weighted by Crippen LogP contribution is -2.56. The summed E-state index contributed by atoms with van der Waals surface area (Å²) < 4.78 is 52.5. The van der Waals surface area contributed by atoms with Crippen LogP contribution in [0.25, 0.3) is 0 Å². The van der Waals surface area contributed by atoms with Gasteiger partial charge in [-0.25, -0.2) is 0 Å². The zero-order valence-electron chi connectivity index (χ0n) is 15.0. The first kappa shape index (κ1) is 18.7. The number of hydrogen-bond donors (Lipinski definition) is 0. The number of fused-ring (bicyclic) bond motifs is 3. The van der Waals surface area contributed by atoms with E-state index in [-0.39, 0.29) is 18.8 Å². The van der Waals surface area contributed by atoms with Crippen LogP contribution in [-0.2, 0) is 37.3 Å². The van der Waals surface area contributed by atoms with Gasteiger partial charge in [0.05, 0.1) is 13.2 Å². The Hall–Kier alpha value is -0.0500. The molecule has 3 aliphatic heterocycles. The molecule has 3 saturated heterocycles. The molecule has 0 saturated carbocycles. The third-order valence-electron chi connectivity index (χ3n) is 4.09. The van der Waals surface area contributed by atoms with Crippen LogP contribution in [-0.4, -0.2) is 62.2 Å². The van der Waals surface area contributed by atoms with Crippen LogP contribution in [0, 0.1) is 0 Å². The van der Waals surface area contributed by atoms with E-state index >= 15 is 0 Å². The molecule has 0 amide bonds. The third kappa shape index (κ3) is 3.86. The first-order valence-electron chi connectivity index (χ1n) is 8.25. The van der Waals surface area contributed by atoms with Crippen molar-refractivity contribution >= 4 is 7.60 Å². The predicted octanol–water partition coefficient (Wildman–Crippen LogP) is 2.26. The molecule has 3 fully saturated rings. The Morgan fingerprint density at radius 1 is 0.917 bits per heavy atom. The Labute approximate surface area is 142 Å². The summed E-state index contributed by atoms with van der Waals surface area (Å²) in [5, 5.41) is 0. The summed E-state index contributed by atoms with van der Waals surface area (Å²) in [5.41, 5.74) is 0. The lowest BCUT2D eigenvalue weighted by molar-refractivity contribution is -0.238. The molecule has 0 aromatic rings. The molecule has 3 heterocycles. The molecule has 1 unspecified atom stereocenters. The summed E-state index contributed by atoms with van der Waals surface area (Å²) in [4.78, 5) is 0. The van der Waals surface area contributed by atoms with E-state index in [1.165, 1.54) is 6.66 Å². The Morgan fingerprint density at radius 3 is 2.17 bits per heavy atom. The quantitative estimate of drug-likeness (QED) is 0.686. The van der Waals surface area contributed by atoms with E-state index < -0.39 is 37.7 Å². The highest BCUT2D eigenvalue weighted by molar-refractivity contribution is 7.52. The second-order valence-corrected chi connectivity index (χ2v) is 9.25. The molecular weight excluding hydrogens is 339 g/mol. The van der Waals surface area contributed by atoms with E-state index in [2.05, 4.69) is 0 Å². The summed E-state index contributed by atoms with van der Waals surface area (Å²) in [6.07, 6.45) is -2.22. The molecule has 0 aromatic carbocycles. The predicted molar refractivity (Wildman–Crippen MR) is 83.6 cm³/mol. The van der Waals surface area contributed by atoms with E-state index in [9.17, 15) is 4.57 Å². The van der Waals surface area contributed by atoms with Crippen molar-refractivity contribution in [1.29, 1.82) is 0 Å². The average molecular weight is 366 g/mol. The monoisotopic (exact) mass is 366 g/mol. The maximum Gasteiger partial charge on any atom is 0.327 e. The number of ether oxygens (including phenoxy) is 5. The van der Waals surface area contributed by atoms with Crippen LogP contribution in [0.1, 0.15) is 34.6 Å². The van der Waals surface area contributed by atoms with Gasteiger partial charge in [-0.05, 0) is 34.6 Å². The second kappa shape index (κ2) is 6.28. The van der Waals surface area contributed by atoms with Gasteiger partial charge in [0.2, 0.25) is 0 Å². The molecular formula is C15H27O8P. The summed E-state index contributed by atoms with van der Waals surface area (Å²) in [5.74, 6) is -1.53. The fourth-order valence-electron chi connectivity index (χ4n) is 3.31. The highest BCUT2D eigenvalue weighted by Gasteiger charge is 2.60. The van der Waals surface area contributed by atoms with E-state index in [1.54, 1.807) is 6.92 Å². The smallest absolute Gasteiger partial charge is 0.327 e. The maximum atomic E-state index is 12.2. The van der Waals surface area contributed by atoms with Crippen molar-refractivity contribution in [3.05, 3.63) is 0 Å². The van der Waals surface area contributed by atoms with Crippen LogP contribution in [0.15, 0.2) is 0 Å². The number of rotatable bonds is 5. The van der Waals surface area contributed by atoms with Crippen LogP contribution in [0.2, 0.25) is 0 Å². The lowest BCUT2D eigenvalue weighted by Gasteiger charge is -2.37. The molecule has 0 aliphatic carbocycles. The molecule has 9 heteroatoms. The summed E-state index contributed by atoms with van der Waals surface area (Å²) in [6, 6.07) is 0. The summed E-state index contributed by atoms with van der Waals surface area (Å²) >= 11 is 0. The largest absolute Gasteiger partial charge is 0.342 e. The lowest BCUT2D eigenvalue weighted by atomic mass is 9.99. The van der Waals surface area contributed by atoms with Crippen molar-refractivity contribution < 1.29 is 37.3 Å². The van der Waals surface area contributed by atoms with Gasteiger partial charge in [0.15, 0.2) is 17.9 Å². The molecule has 140 valence electrons. The maximum absolute atomic E-state index is 12.2. The van der Waals surface area contributed by atoms with Crippen molar-refractivity contribution in [2.75, 3.05) is 19.9 Å². The van der Waals surface area contributed by atoms with Gasteiger partial charge >= 0.3 is 7.60 Å². The molecule has 3 aliphatic rings. The van der Waals surface area contributed by atoms with Crippen molar-refractivity contribution in [3.8, 4) is 0 Å². The highest BCUT2D eigenvalue weighted by Crippen LogP contribution is 2.47. The van der Waals surface area contributed by atoms with Crippen LogP contribution in [0.3, 0.4) is 0 Å². The van der Waals surface area contributed by atoms with E-state index in [4.69, 9.17) is 32.7 Å². The van der Waals surface area contributed by atoms with Gasteiger partial charge in [0.25, 0.3) is 0 Å². The highest BCUT2D eigenvalue weighted by atomic mass is 31.2. The topological polar surface area (TPSA) is 81.7 Å². The van der Waals surface area contributed by atoms with Crippen LogP contribution in [0.4, 0.5) is 0 Å². The molecule has 0 radical (unpaired) electrons. The van der Waals surface area contributed by atoms with Crippen molar-refractivity contribution in [3.63, 3.8) is 0 Å². The zero-order chi connectivity index (χ0) is 17.8.